The molecular formula is C9H11NO2. The molecule has 0 bridgehead atoms. The van der Waals surface area contributed by atoms with E-state index in [2.05, 4.69) is 9.72 Å². The van der Waals surface area contributed by atoms with Crippen molar-refractivity contribution < 1.29 is 9.53 Å². The van der Waals surface area contributed by atoms with Crippen LogP contribution >= 0.6 is 0 Å². The predicted molar refractivity (Wildman–Crippen MR) is 44.7 cm³/mol. The third kappa shape index (κ3) is 2.34. The maximum Gasteiger partial charge on any atom is 0.310 e. The largest absolute Gasteiger partial charge is 0.469 e. The summed E-state index contributed by atoms with van der Waals surface area (Å²) in [6.07, 6.45) is 3.72. The molecule has 0 aliphatic carbocycles. The Balaban J connectivity index is 2.69. The van der Waals surface area contributed by atoms with E-state index in [-0.39, 0.29) is 5.97 Å². The van der Waals surface area contributed by atoms with E-state index in [9.17, 15) is 4.79 Å². The molecule has 0 atom stereocenters. The summed E-state index contributed by atoms with van der Waals surface area (Å²) in [5, 5.41) is 0. The quantitative estimate of drug-likeness (QED) is 0.616. The van der Waals surface area contributed by atoms with Crippen molar-refractivity contribution in [2.75, 3.05) is 7.11 Å². The minimum absolute atomic E-state index is 0.234. The van der Waals surface area contributed by atoms with Gasteiger partial charge in [0.05, 0.1) is 13.5 Å². The van der Waals surface area contributed by atoms with Gasteiger partial charge in [-0.15, -0.1) is 0 Å². The number of nitrogens with zero attached hydrogens (tertiary/aromatic N) is 1. The number of methoxy groups -OCH3 is 1. The normalized spacial score (nSPS) is 9.50. The Morgan fingerprint density at radius 3 is 2.92 bits per heavy atom. The average Bonchev–Trinajstić information content (AvgIpc) is 2.04. The summed E-state index contributed by atoms with van der Waals surface area (Å²) in [5.41, 5.74) is 1.94. The van der Waals surface area contributed by atoms with Gasteiger partial charge in [-0.05, 0) is 18.1 Å². The van der Waals surface area contributed by atoms with Crippen molar-refractivity contribution in [3.8, 4) is 0 Å². The van der Waals surface area contributed by atoms with E-state index >= 15 is 0 Å². The highest BCUT2D eigenvalue weighted by molar-refractivity contribution is 5.72. The van der Waals surface area contributed by atoms with Gasteiger partial charge in [0.2, 0.25) is 0 Å². The minimum Gasteiger partial charge on any atom is -0.469 e. The van der Waals surface area contributed by atoms with Crippen molar-refractivity contribution in [3.05, 3.63) is 29.6 Å². The van der Waals surface area contributed by atoms with Crippen LogP contribution in [-0.4, -0.2) is 18.1 Å². The summed E-state index contributed by atoms with van der Waals surface area (Å²) in [4.78, 5) is 14.8. The van der Waals surface area contributed by atoms with Crippen LogP contribution in [0.3, 0.4) is 0 Å². The van der Waals surface area contributed by atoms with Gasteiger partial charge in [0, 0.05) is 12.4 Å². The van der Waals surface area contributed by atoms with E-state index in [4.69, 9.17) is 0 Å². The second kappa shape index (κ2) is 3.85. The smallest absolute Gasteiger partial charge is 0.310 e. The van der Waals surface area contributed by atoms with Crippen LogP contribution in [0.1, 0.15) is 11.1 Å². The van der Waals surface area contributed by atoms with Crippen LogP contribution in [0.25, 0.3) is 0 Å². The van der Waals surface area contributed by atoms with Gasteiger partial charge in [-0.25, -0.2) is 0 Å². The molecule has 0 saturated carbocycles. The summed E-state index contributed by atoms with van der Waals surface area (Å²) < 4.78 is 4.53. The number of carbonyl (C=O) groups excluding carboxylic acids is 1. The summed E-state index contributed by atoms with van der Waals surface area (Å²) in [7, 11) is 1.38. The maximum absolute atomic E-state index is 10.8. The van der Waals surface area contributed by atoms with Crippen molar-refractivity contribution in [2.24, 2.45) is 0 Å². The summed E-state index contributed by atoms with van der Waals surface area (Å²) in [6, 6.07) is 1.92. The van der Waals surface area contributed by atoms with Crippen molar-refractivity contribution in [2.45, 2.75) is 13.3 Å². The van der Waals surface area contributed by atoms with Gasteiger partial charge in [0.15, 0.2) is 0 Å². The molecule has 0 unspecified atom stereocenters. The molecular weight excluding hydrogens is 154 g/mol. The Labute approximate surface area is 71.4 Å². The molecule has 0 radical (unpaired) electrons. The fourth-order valence-electron chi connectivity index (χ4n) is 0.953. The van der Waals surface area contributed by atoms with Crippen molar-refractivity contribution in [1.82, 2.24) is 4.98 Å². The molecule has 0 aliphatic heterocycles. The molecule has 0 aromatic carbocycles. The number of pyridine rings is 1. The molecule has 1 aromatic heterocycles. The standard InChI is InChI=1S/C9H11NO2/c1-7-3-8(6-10-5-7)4-9(11)12-2/h3,5-6H,4H2,1-2H3. The van der Waals surface area contributed by atoms with E-state index in [1.54, 1.807) is 12.4 Å². The number of hydrogen-bond acceptors (Lipinski definition) is 3. The van der Waals surface area contributed by atoms with Crippen LogP contribution in [0, 0.1) is 6.92 Å². The number of aryl methyl sites for hydroxylation is 1. The van der Waals surface area contributed by atoms with E-state index in [1.807, 2.05) is 13.0 Å². The molecule has 0 spiro atoms. The Kier molecular flexibility index (Phi) is 2.80. The molecule has 64 valence electrons. The molecule has 0 fully saturated rings. The third-order valence-corrected chi connectivity index (χ3v) is 1.51. The van der Waals surface area contributed by atoms with Crippen LogP contribution in [0.15, 0.2) is 18.5 Å². The zero-order valence-electron chi connectivity index (χ0n) is 7.20. The SMILES string of the molecule is COC(=O)Cc1cncc(C)c1. The molecule has 1 aromatic rings. The fourth-order valence-corrected chi connectivity index (χ4v) is 0.953. The molecule has 1 rings (SSSR count). The fraction of sp³-hybridized carbons (Fsp3) is 0.333. The molecule has 0 N–H and O–H groups in total. The highest BCUT2D eigenvalue weighted by atomic mass is 16.5. The van der Waals surface area contributed by atoms with E-state index in [0.717, 1.165) is 11.1 Å². The first-order valence-corrected chi connectivity index (χ1v) is 3.69. The van der Waals surface area contributed by atoms with E-state index in [0.29, 0.717) is 6.42 Å². The van der Waals surface area contributed by atoms with Gasteiger partial charge < -0.3 is 4.74 Å². The Hall–Kier alpha value is -1.38. The lowest BCUT2D eigenvalue weighted by Crippen LogP contribution is -2.04. The monoisotopic (exact) mass is 165 g/mol. The number of aromatic nitrogens is 1. The molecule has 0 aliphatic rings. The molecule has 1 heterocycles. The van der Waals surface area contributed by atoms with E-state index in [1.165, 1.54) is 7.11 Å². The first-order valence-electron chi connectivity index (χ1n) is 3.69. The van der Waals surface area contributed by atoms with Crippen molar-refractivity contribution >= 4 is 5.97 Å². The summed E-state index contributed by atoms with van der Waals surface area (Å²) in [5.74, 6) is -0.234. The van der Waals surface area contributed by atoms with Crippen LogP contribution in [0.4, 0.5) is 0 Å². The number of ether oxygens (including phenoxy) is 1. The van der Waals surface area contributed by atoms with Gasteiger partial charge in [-0.1, -0.05) is 6.07 Å². The van der Waals surface area contributed by atoms with Crippen molar-refractivity contribution in [3.63, 3.8) is 0 Å². The van der Waals surface area contributed by atoms with Gasteiger partial charge >= 0.3 is 5.97 Å². The topological polar surface area (TPSA) is 39.2 Å². The lowest BCUT2D eigenvalue weighted by Gasteiger charge is -1.99. The van der Waals surface area contributed by atoms with Crippen molar-refractivity contribution in [1.29, 1.82) is 0 Å². The second-order valence-corrected chi connectivity index (χ2v) is 2.62. The Morgan fingerprint density at radius 2 is 2.33 bits per heavy atom. The second-order valence-electron chi connectivity index (χ2n) is 2.62. The van der Waals surface area contributed by atoms with Crippen LogP contribution in [0.2, 0.25) is 0 Å². The van der Waals surface area contributed by atoms with E-state index < -0.39 is 0 Å². The molecule has 0 amide bonds. The Bertz CT molecular complexity index is 284. The van der Waals surface area contributed by atoms with Crippen LogP contribution < -0.4 is 0 Å². The van der Waals surface area contributed by atoms with Gasteiger partial charge in [-0.3, -0.25) is 9.78 Å². The van der Waals surface area contributed by atoms with Crippen LogP contribution in [-0.2, 0) is 16.0 Å². The molecule has 12 heavy (non-hydrogen) atoms. The van der Waals surface area contributed by atoms with Gasteiger partial charge in [0.1, 0.15) is 0 Å². The minimum atomic E-state index is -0.234. The number of hydrogen-bond donors (Lipinski definition) is 0. The molecule has 0 saturated heterocycles. The molecule has 3 heteroatoms. The third-order valence-electron chi connectivity index (χ3n) is 1.51. The summed E-state index contributed by atoms with van der Waals surface area (Å²) in [6.45, 7) is 1.94. The number of carbonyl (C=O) groups is 1. The number of rotatable bonds is 2. The first kappa shape index (κ1) is 8.71. The Morgan fingerprint density at radius 1 is 1.58 bits per heavy atom. The highest BCUT2D eigenvalue weighted by Gasteiger charge is 2.02. The summed E-state index contributed by atoms with van der Waals surface area (Å²) >= 11 is 0. The lowest BCUT2D eigenvalue weighted by atomic mass is 10.2. The molecule has 3 nitrogen and oxygen atoms in total. The van der Waals surface area contributed by atoms with Gasteiger partial charge in [0.25, 0.3) is 0 Å². The number of esters is 1. The van der Waals surface area contributed by atoms with Crippen LogP contribution in [0.5, 0.6) is 0 Å². The highest BCUT2D eigenvalue weighted by Crippen LogP contribution is 2.02. The zero-order chi connectivity index (χ0) is 8.97. The average molecular weight is 165 g/mol. The lowest BCUT2D eigenvalue weighted by molar-refractivity contribution is -0.139. The predicted octanol–water partition coefficient (Wildman–Crippen LogP) is 1.11. The maximum atomic E-state index is 10.8. The van der Waals surface area contributed by atoms with Gasteiger partial charge in [-0.2, -0.15) is 0 Å². The zero-order valence-corrected chi connectivity index (χ0v) is 7.20. The first-order chi connectivity index (χ1) is 5.72.